The van der Waals surface area contributed by atoms with E-state index in [-0.39, 0.29) is 0 Å². The number of likely N-dealkylation sites (N-methyl/N-ethyl adjacent to an activating group) is 1. The summed E-state index contributed by atoms with van der Waals surface area (Å²) in [6.45, 7) is 7.51. The van der Waals surface area contributed by atoms with Crippen molar-refractivity contribution >= 4 is 5.84 Å². The predicted octanol–water partition coefficient (Wildman–Crippen LogP) is -0.631. The van der Waals surface area contributed by atoms with Gasteiger partial charge in [-0.3, -0.25) is 11.1 Å². The van der Waals surface area contributed by atoms with Gasteiger partial charge in [-0.15, -0.1) is 0 Å². The Bertz CT molecular complexity index is 137. The highest BCUT2D eigenvalue weighted by Crippen LogP contribution is 2.04. The molecule has 0 aliphatic carbocycles. The summed E-state index contributed by atoms with van der Waals surface area (Å²) in [5, 5.41) is 5.52. The molecular formula is C9H23N3+2. The van der Waals surface area contributed by atoms with Gasteiger partial charge < -0.3 is 4.48 Å². The highest BCUT2D eigenvalue weighted by atomic mass is 15.3. The van der Waals surface area contributed by atoms with Gasteiger partial charge in [0.15, 0.2) is 6.54 Å². The Morgan fingerprint density at radius 2 is 1.67 bits per heavy atom. The van der Waals surface area contributed by atoms with E-state index in [9.17, 15) is 0 Å². The fraction of sp³-hybridized carbons (Fsp3) is 0.889. The van der Waals surface area contributed by atoms with Crippen LogP contribution in [-0.2, 0) is 0 Å². The van der Waals surface area contributed by atoms with Crippen molar-refractivity contribution in [1.29, 1.82) is 0 Å². The zero-order valence-electron chi connectivity index (χ0n) is 8.64. The first kappa shape index (κ1) is 11.4. The van der Waals surface area contributed by atoms with Crippen molar-refractivity contribution in [2.45, 2.75) is 26.7 Å². The van der Waals surface area contributed by atoms with E-state index in [1.807, 2.05) is 0 Å². The van der Waals surface area contributed by atoms with Crippen LogP contribution < -0.4 is 11.1 Å². The van der Waals surface area contributed by atoms with Crippen LogP contribution in [0, 0.1) is 0 Å². The number of nitrogens with two attached hydrogens (primary N) is 2. The summed E-state index contributed by atoms with van der Waals surface area (Å²) in [6.07, 6.45) is 2.37. The quantitative estimate of drug-likeness (QED) is 0.314. The van der Waals surface area contributed by atoms with Crippen LogP contribution in [0.15, 0.2) is 0 Å². The summed E-state index contributed by atoms with van der Waals surface area (Å²) < 4.78 is 0.981. The Morgan fingerprint density at radius 3 is 1.92 bits per heavy atom. The molecule has 0 unspecified atom stereocenters. The van der Waals surface area contributed by atoms with E-state index in [4.69, 9.17) is 11.1 Å². The van der Waals surface area contributed by atoms with Gasteiger partial charge in [0.05, 0.1) is 20.1 Å². The van der Waals surface area contributed by atoms with Crippen LogP contribution in [-0.4, -0.2) is 37.0 Å². The monoisotopic (exact) mass is 173 g/mol. The van der Waals surface area contributed by atoms with Crippen molar-refractivity contribution in [1.82, 2.24) is 0 Å². The summed E-state index contributed by atoms with van der Waals surface area (Å²) in [6, 6.07) is 0. The summed E-state index contributed by atoms with van der Waals surface area (Å²) in [5.74, 6) is 0.555. The Kier molecular flexibility index (Phi) is 4.90. The molecule has 12 heavy (non-hydrogen) atoms. The Labute approximate surface area is 75.7 Å². The molecule has 0 amide bonds. The van der Waals surface area contributed by atoms with E-state index in [0.29, 0.717) is 5.84 Å². The molecule has 0 bridgehead atoms. The van der Waals surface area contributed by atoms with E-state index >= 15 is 0 Å². The maximum atomic E-state index is 5.52. The summed E-state index contributed by atoms with van der Waals surface area (Å²) in [4.78, 5) is 0. The fourth-order valence-electron chi connectivity index (χ4n) is 1.79. The number of hydrogen-bond donors (Lipinski definition) is 2. The average molecular weight is 173 g/mol. The Balaban J connectivity index is 4.07. The number of quaternary nitrogens is 1. The summed E-state index contributed by atoms with van der Waals surface area (Å²) in [7, 11) is 2.22. The maximum absolute atomic E-state index is 5.52. The number of rotatable bonds is 6. The average Bonchev–Trinajstić information content (AvgIpc) is 1.85. The highest BCUT2D eigenvalue weighted by Gasteiger charge is 2.22. The smallest absolute Gasteiger partial charge is 0.294 e. The molecule has 0 aromatic carbocycles. The second-order valence-electron chi connectivity index (χ2n) is 3.80. The molecule has 0 fully saturated rings. The molecule has 0 rings (SSSR count). The van der Waals surface area contributed by atoms with E-state index in [1.165, 1.54) is 12.8 Å². The fourth-order valence-corrected chi connectivity index (χ4v) is 1.79. The van der Waals surface area contributed by atoms with Crippen molar-refractivity contribution in [3.05, 3.63) is 0 Å². The lowest BCUT2D eigenvalue weighted by atomic mass is 10.3. The van der Waals surface area contributed by atoms with Crippen LogP contribution in [0.5, 0.6) is 0 Å². The zero-order chi connectivity index (χ0) is 9.61. The summed E-state index contributed by atoms with van der Waals surface area (Å²) in [5.41, 5.74) is 5.52. The lowest BCUT2D eigenvalue weighted by molar-refractivity contribution is -0.902. The molecule has 3 nitrogen and oxygen atoms in total. The van der Waals surface area contributed by atoms with Crippen molar-refractivity contribution < 1.29 is 9.89 Å². The standard InChI is InChI=1S/C9H22N3/c1-4-6-12(3,7-5-2)8-9(10)11/h4-8H2,1-3H3,(H3,10,11)/q+1/p+1. The Hall–Kier alpha value is -0.570. The van der Waals surface area contributed by atoms with Gasteiger partial charge in [0.25, 0.3) is 5.84 Å². The third-order valence-corrected chi connectivity index (χ3v) is 2.09. The zero-order valence-corrected chi connectivity index (χ0v) is 8.64. The second kappa shape index (κ2) is 5.14. The first-order chi connectivity index (χ1) is 5.54. The van der Waals surface area contributed by atoms with Crippen LogP contribution in [0.4, 0.5) is 0 Å². The van der Waals surface area contributed by atoms with Crippen molar-refractivity contribution in [2.24, 2.45) is 5.73 Å². The minimum atomic E-state index is 0.555. The third kappa shape index (κ3) is 4.34. The van der Waals surface area contributed by atoms with E-state index < -0.39 is 0 Å². The molecule has 0 saturated heterocycles. The minimum Gasteiger partial charge on any atom is -0.316 e. The van der Waals surface area contributed by atoms with Gasteiger partial charge in [-0.05, 0) is 12.8 Å². The first-order valence-corrected chi connectivity index (χ1v) is 4.74. The summed E-state index contributed by atoms with van der Waals surface area (Å²) >= 11 is 0. The number of nitrogens with zero attached hydrogens (tertiary/aromatic N) is 1. The highest BCUT2D eigenvalue weighted by molar-refractivity contribution is 5.74. The van der Waals surface area contributed by atoms with E-state index in [1.54, 1.807) is 0 Å². The maximum Gasteiger partial charge on any atom is 0.294 e. The molecule has 0 heterocycles. The predicted molar refractivity (Wildman–Crippen MR) is 52.5 cm³/mol. The molecule has 0 spiro atoms. The molecule has 0 aliphatic rings. The largest absolute Gasteiger partial charge is 0.316 e. The minimum absolute atomic E-state index is 0.555. The lowest BCUT2D eigenvalue weighted by Crippen LogP contribution is -2.58. The van der Waals surface area contributed by atoms with Crippen molar-refractivity contribution in [2.75, 3.05) is 26.7 Å². The van der Waals surface area contributed by atoms with Gasteiger partial charge in [0.1, 0.15) is 0 Å². The molecule has 0 aromatic heterocycles. The molecule has 0 saturated carbocycles. The van der Waals surface area contributed by atoms with Gasteiger partial charge >= 0.3 is 0 Å². The van der Waals surface area contributed by atoms with Gasteiger partial charge in [-0.1, -0.05) is 13.8 Å². The molecule has 0 radical (unpaired) electrons. The van der Waals surface area contributed by atoms with Crippen LogP contribution in [0.25, 0.3) is 0 Å². The van der Waals surface area contributed by atoms with Crippen LogP contribution in [0.3, 0.4) is 0 Å². The topological polar surface area (TPSA) is 51.6 Å². The molecule has 0 aromatic rings. The normalized spacial score (nSPS) is 11.6. The molecule has 4 N–H and O–H groups in total. The molecule has 0 aliphatic heterocycles. The van der Waals surface area contributed by atoms with Gasteiger partial charge in [-0.2, -0.15) is 0 Å². The van der Waals surface area contributed by atoms with Gasteiger partial charge in [-0.25, -0.2) is 0 Å². The second-order valence-corrected chi connectivity index (χ2v) is 3.80. The van der Waals surface area contributed by atoms with Crippen molar-refractivity contribution in [3.63, 3.8) is 0 Å². The SMILES string of the molecule is CCC[N+](C)(CCC)CC(N)=[NH2+]. The number of hydrogen-bond acceptors (Lipinski definition) is 0. The first-order valence-electron chi connectivity index (χ1n) is 4.74. The van der Waals surface area contributed by atoms with Crippen molar-refractivity contribution in [3.8, 4) is 0 Å². The van der Waals surface area contributed by atoms with Crippen LogP contribution in [0.2, 0.25) is 0 Å². The molecule has 3 heteroatoms. The third-order valence-electron chi connectivity index (χ3n) is 2.09. The van der Waals surface area contributed by atoms with Crippen LogP contribution in [0.1, 0.15) is 26.7 Å². The lowest BCUT2D eigenvalue weighted by Gasteiger charge is -2.32. The molecule has 72 valence electrons. The van der Waals surface area contributed by atoms with E-state index in [0.717, 1.165) is 24.1 Å². The molecular weight excluding hydrogens is 150 g/mol. The van der Waals surface area contributed by atoms with E-state index in [2.05, 4.69) is 20.9 Å². The Morgan fingerprint density at radius 1 is 1.25 bits per heavy atom. The van der Waals surface area contributed by atoms with Gasteiger partial charge in [0, 0.05) is 0 Å². The van der Waals surface area contributed by atoms with Gasteiger partial charge in [0.2, 0.25) is 0 Å². The van der Waals surface area contributed by atoms with Crippen LogP contribution >= 0.6 is 0 Å². The number of amidine groups is 1. The molecule has 0 atom stereocenters.